The second-order valence-corrected chi connectivity index (χ2v) is 10.6. The van der Waals surface area contributed by atoms with Gasteiger partial charge >= 0.3 is 12.1 Å². The van der Waals surface area contributed by atoms with Crippen LogP contribution in [0.3, 0.4) is 0 Å². The summed E-state index contributed by atoms with van der Waals surface area (Å²) in [7, 11) is 0. The molecule has 2 aromatic rings. The van der Waals surface area contributed by atoms with Crippen LogP contribution in [-0.4, -0.2) is 53.2 Å². The van der Waals surface area contributed by atoms with Crippen LogP contribution in [0.1, 0.15) is 64.5 Å². The van der Waals surface area contributed by atoms with Crippen molar-refractivity contribution in [2.75, 3.05) is 13.2 Å². The molecule has 2 amide bonds. The van der Waals surface area contributed by atoms with E-state index in [-0.39, 0.29) is 24.0 Å². The minimum Gasteiger partial charge on any atom is -0.480 e. The number of alkyl carbamates (subject to hydrolysis) is 1. The smallest absolute Gasteiger partial charge is 0.407 e. The van der Waals surface area contributed by atoms with Crippen molar-refractivity contribution in [3.63, 3.8) is 0 Å². The highest BCUT2D eigenvalue weighted by molar-refractivity contribution is 5.88. The Balaban J connectivity index is 1.73. The molecule has 7 nitrogen and oxygen atoms in total. The number of carboxylic acid groups (broad SMARTS) is 1. The first-order chi connectivity index (χ1) is 16.5. The Morgan fingerprint density at radius 2 is 1.54 bits per heavy atom. The average Bonchev–Trinajstić information content (AvgIpc) is 3.11. The van der Waals surface area contributed by atoms with Crippen LogP contribution in [0.25, 0.3) is 11.1 Å². The van der Waals surface area contributed by atoms with E-state index in [0.29, 0.717) is 12.8 Å². The molecule has 188 valence electrons. The van der Waals surface area contributed by atoms with Gasteiger partial charge in [0, 0.05) is 12.0 Å². The van der Waals surface area contributed by atoms with Gasteiger partial charge in [-0.1, -0.05) is 69.3 Å². The molecule has 0 aliphatic heterocycles. The van der Waals surface area contributed by atoms with E-state index in [4.69, 9.17) is 4.74 Å². The largest absolute Gasteiger partial charge is 0.480 e. The van der Waals surface area contributed by atoms with Gasteiger partial charge in [0.05, 0.1) is 0 Å². The van der Waals surface area contributed by atoms with Gasteiger partial charge in [0.2, 0.25) is 5.91 Å². The molecule has 1 unspecified atom stereocenters. The first-order valence-electron chi connectivity index (χ1n) is 12.1. The van der Waals surface area contributed by atoms with E-state index >= 15 is 0 Å². The van der Waals surface area contributed by atoms with Crippen LogP contribution >= 0.6 is 0 Å². The van der Waals surface area contributed by atoms with E-state index in [2.05, 4.69) is 38.2 Å². The SMILES string of the molecule is CC(C)N(CC(=O)O)C(=O)C(CCC(C)(C)C)NC(=O)OCC1c2ccccc2-c2ccccc21. The molecule has 0 bridgehead atoms. The molecule has 0 aromatic heterocycles. The van der Waals surface area contributed by atoms with Crippen LogP contribution in [0.2, 0.25) is 0 Å². The van der Waals surface area contributed by atoms with Crippen LogP contribution in [0.15, 0.2) is 48.5 Å². The zero-order valence-corrected chi connectivity index (χ0v) is 21.2. The first-order valence-corrected chi connectivity index (χ1v) is 12.1. The number of nitrogens with zero attached hydrogens (tertiary/aromatic N) is 1. The third-order valence-electron chi connectivity index (χ3n) is 6.33. The molecule has 35 heavy (non-hydrogen) atoms. The number of hydrogen-bond donors (Lipinski definition) is 2. The van der Waals surface area contributed by atoms with Gasteiger partial charge in [-0.2, -0.15) is 0 Å². The standard InChI is InChI=1S/C28H36N2O5/c1-18(2)30(16-25(31)32)26(33)24(14-15-28(3,4)5)29-27(34)35-17-23-21-12-8-6-10-19(21)20-11-7-9-13-22(20)23/h6-13,18,23-24H,14-17H2,1-5H3,(H,29,34)(H,31,32). The van der Waals surface area contributed by atoms with Crippen molar-refractivity contribution in [2.24, 2.45) is 5.41 Å². The predicted molar refractivity (Wildman–Crippen MR) is 135 cm³/mol. The van der Waals surface area contributed by atoms with Gasteiger partial charge in [0.25, 0.3) is 0 Å². The fraction of sp³-hybridized carbons (Fsp3) is 0.464. The molecule has 7 heteroatoms. The molecule has 3 rings (SSSR count). The molecular formula is C28H36N2O5. The molecule has 0 spiro atoms. The highest BCUT2D eigenvalue weighted by Gasteiger charge is 2.32. The third-order valence-corrected chi connectivity index (χ3v) is 6.33. The predicted octanol–water partition coefficient (Wildman–Crippen LogP) is 5.04. The minimum atomic E-state index is -1.09. The Kier molecular flexibility index (Phi) is 8.20. The van der Waals surface area contributed by atoms with Gasteiger partial charge < -0.3 is 20.1 Å². The summed E-state index contributed by atoms with van der Waals surface area (Å²) in [6, 6.07) is 15.0. The van der Waals surface area contributed by atoms with E-state index in [0.717, 1.165) is 22.3 Å². The van der Waals surface area contributed by atoms with Crippen molar-refractivity contribution in [3.8, 4) is 11.1 Å². The van der Waals surface area contributed by atoms with Crippen LogP contribution in [-0.2, 0) is 14.3 Å². The molecule has 0 saturated heterocycles. The summed E-state index contributed by atoms with van der Waals surface area (Å²) in [6.45, 7) is 9.40. The number of carbonyl (C=O) groups excluding carboxylic acids is 2. The fourth-order valence-electron chi connectivity index (χ4n) is 4.48. The Bertz CT molecular complexity index is 1030. The van der Waals surface area contributed by atoms with Crippen molar-refractivity contribution in [2.45, 2.75) is 65.5 Å². The van der Waals surface area contributed by atoms with Crippen molar-refractivity contribution in [1.82, 2.24) is 10.2 Å². The fourth-order valence-corrected chi connectivity index (χ4v) is 4.48. The summed E-state index contributed by atoms with van der Waals surface area (Å²) < 4.78 is 5.64. The number of benzene rings is 2. The van der Waals surface area contributed by atoms with Crippen LogP contribution in [0, 0.1) is 5.41 Å². The van der Waals surface area contributed by atoms with Gasteiger partial charge in [-0.3, -0.25) is 9.59 Å². The van der Waals surface area contributed by atoms with Crippen molar-refractivity contribution >= 4 is 18.0 Å². The molecule has 0 radical (unpaired) electrons. The highest BCUT2D eigenvalue weighted by atomic mass is 16.5. The molecule has 0 saturated carbocycles. The zero-order chi connectivity index (χ0) is 25.8. The summed E-state index contributed by atoms with van der Waals surface area (Å²) in [5.41, 5.74) is 4.42. The van der Waals surface area contributed by atoms with Crippen LogP contribution in [0.5, 0.6) is 0 Å². The Morgan fingerprint density at radius 3 is 2.03 bits per heavy atom. The zero-order valence-electron chi connectivity index (χ0n) is 21.2. The molecule has 2 aromatic carbocycles. The lowest BCUT2D eigenvalue weighted by molar-refractivity contribution is -0.146. The molecule has 0 fully saturated rings. The lowest BCUT2D eigenvalue weighted by Gasteiger charge is -2.31. The topological polar surface area (TPSA) is 95.9 Å². The summed E-state index contributed by atoms with van der Waals surface area (Å²) in [4.78, 5) is 38.7. The van der Waals surface area contributed by atoms with Crippen molar-refractivity contribution in [3.05, 3.63) is 59.7 Å². The maximum atomic E-state index is 13.3. The van der Waals surface area contributed by atoms with E-state index in [1.807, 2.05) is 36.4 Å². The monoisotopic (exact) mass is 480 g/mol. The van der Waals surface area contributed by atoms with E-state index < -0.39 is 30.6 Å². The molecule has 1 aliphatic carbocycles. The maximum Gasteiger partial charge on any atom is 0.407 e. The Morgan fingerprint density at radius 1 is 1.00 bits per heavy atom. The lowest BCUT2D eigenvalue weighted by atomic mass is 9.88. The lowest BCUT2D eigenvalue weighted by Crippen LogP contribution is -2.52. The molecule has 1 aliphatic rings. The normalized spacial score (nSPS) is 13.7. The average molecular weight is 481 g/mol. The number of carbonyl (C=O) groups is 3. The Hall–Kier alpha value is -3.35. The summed E-state index contributed by atoms with van der Waals surface area (Å²) in [6.07, 6.45) is 0.375. The van der Waals surface area contributed by atoms with Gasteiger partial charge in [0.15, 0.2) is 0 Å². The number of rotatable bonds is 9. The number of hydrogen-bond acceptors (Lipinski definition) is 4. The second-order valence-electron chi connectivity index (χ2n) is 10.6. The van der Waals surface area contributed by atoms with Crippen LogP contribution < -0.4 is 5.32 Å². The molecule has 0 heterocycles. The number of nitrogens with one attached hydrogen (secondary N) is 1. The number of ether oxygens (including phenoxy) is 1. The second kappa shape index (κ2) is 10.9. The summed E-state index contributed by atoms with van der Waals surface area (Å²) in [5, 5.41) is 12.0. The quantitative estimate of drug-likeness (QED) is 0.524. The van der Waals surface area contributed by atoms with Gasteiger partial charge in [-0.25, -0.2) is 4.79 Å². The van der Waals surface area contributed by atoms with Crippen molar-refractivity contribution in [1.29, 1.82) is 0 Å². The molecule has 2 N–H and O–H groups in total. The highest BCUT2D eigenvalue weighted by Crippen LogP contribution is 2.44. The maximum absolute atomic E-state index is 13.3. The molecule has 1 atom stereocenters. The van der Waals surface area contributed by atoms with E-state index in [1.54, 1.807) is 13.8 Å². The van der Waals surface area contributed by atoms with E-state index in [1.165, 1.54) is 4.90 Å². The van der Waals surface area contributed by atoms with Crippen LogP contribution in [0.4, 0.5) is 4.79 Å². The van der Waals surface area contributed by atoms with Gasteiger partial charge in [-0.15, -0.1) is 0 Å². The summed E-state index contributed by atoms with van der Waals surface area (Å²) in [5.74, 6) is -1.60. The third kappa shape index (κ3) is 6.62. The minimum absolute atomic E-state index is 0.0587. The number of fused-ring (bicyclic) bond motifs is 3. The molecular weight excluding hydrogens is 444 g/mol. The first kappa shape index (κ1) is 26.3. The van der Waals surface area contributed by atoms with Crippen molar-refractivity contribution < 1.29 is 24.2 Å². The number of amides is 2. The number of aliphatic carboxylic acids is 1. The number of carboxylic acids is 1. The van der Waals surface area contributed by atoms with E-state index in [9.17, 15) is 19.5 Å². The van der Waals surface area contributed by atoms with Gasteiger partial charge in [0.1, 0.15) is 19.2 Å². The Labute approximate surface area is 207 Å². The van der Waals surface area contributed by atoms with Gasteiger partial charge in [-0.05, 0) is 54.4 Å². The summed E-state index contributed by atoms with van der Waals surface area (Å²) >= 11 is 0.